The third-order valence-corrected chi connectivity index (χ3v) is 4.91. The fourth-order valence-electron chi connectivity index (χ4n) is 3.22. The fourth-order valence-corrected chi connectivity index (χ4v) is 3.22. The second-order valence-corrected chi connectivity index (χ2v) is 7.02. The monoisotopic (exact) mass is 384 g/mol. The average Bonchev–Trinajstić information content (AvgIpc) is 3.18. The van der Waals surface area contributed by atoms with Crippen molar-refractivity contribution in [3.05, 3.63) is 58.2 Å². The summed E-state index contributed by atoms with van der Waals surface area (Å²) >= 11 is 0. The van der Waals surface area contributed by atoms with Gasteiger partial charge in [-0.05, 0) is 45.4 Å². The van der Waals surface area contributed by atoms with Crippen LogP contribution in [-0.4, -0.2) is 22.0 Å². The normalized spacial score (nSPS) is 12.2. The Morgan fingerprint density at radius 1 is 1.18 bits per heavy atom. The standard InChI is InChI=1S/C21H28N4O3/c1-13(18-11-25(5)23-14(18)2)22-10-17-7-8-20(21(9-17)26-6)27-12-19-15(3)24-28-16(19)4/h7-9,11,13,22H,10,12H2,1-6H3. The maximum absolute atomic E-state index is 5.95. The molecule has 1 atom stereocenters. The molecule has 7 heteroatoms. The Kier molecular flexibility index (Phi) is 6.04. The van der Waals surface area contributed by atoms with Gasteiger partial charge in [0, 0.05) is 31.4 Å². The fraction of sp³-hybridized carbons (Fsp3) is 0.429. The lowest BCUT2D eigenvalue weighted by atomic mass is 10.1. The molecule has 150 valence electrons. The van der Waals surface area contributed by atoms with Crippen LogP contribution < -0.4 is 14.8 Å². The van der Waals surface area contributed by atoms with Gasteiger partial charge < -0.3 is 19.3 Å². The van der Waals surface area contributed by atoms with E-state index in [1.54, 1.807) is 7.11 Å². The zero-order chi connectivity index (χ0) is 20.3. The van der Waals surface area contributed by atoms with Crippen molar-refractivity contribution in [1.82, 2.24) is 20.3 Å². The summed E-state index contributed by atoms with van der Waals surface area (Å²) in [6.45, 7) is 9.08. The van der Waals surface area contributed by atoms with Crippen molar-refractivity contribution in [2.45, 2.75) is 46.9 Å². The first-order valence-corrected chi connectivity index (χ1v) is 9.34. The van der Waals surface area contributed by atoms with Gasteiger partial charge in [-0.15, -0.1) is 0 Å². The number of aromatic nitrogens is 3. The predicted octanol–water partition coefficient (Wildman–Crippen LogP) is 3.77. The van der Waals surface area contributed by atoms with Gasteiger partial charge >= 0.3 is 0 Å². The molecule has 0 spiro atoms. The number of hydrogen-bond donors (Lipinski definition) is 1. The minimum atomic E-state index is 0.204. The highest BCUT2D eigenvalue weighted by atomic mass is 16.5. The molecule has 28 heavy (non-hydrogen) atoms. The van der Waals surface area contributed by atoms with Crippen LogP contribution in [0.2, 0.25) is 0 Å². The van der Waals surface area contributed by atoms with Crippen molar-refractivity contribution in [2.24, 2.45) is 7.05 Å². The summed E-state index contributed by atoms with van der Waals surface area (Å²) in [6, 6.07) is 6.18. The van der Waals surface area contributed by atoms with Crippen molar-refractivity contribution in [1.29, 1.82) is 0 Å². The highest BCUT2D eigenvalue weighted by Gasteiger charge is 2.14. The van der Waals surface area contributed by atoms with E-state index in [0.29, 0.717) is 18.1 Å². The largest absolute Gasteiger partial charge is 0.493 e. The third-order valence-electron chi connectivity index (χ3n) is 4.91. The van der Waals surface area contributed by atoms with Crippen molar-refractivity contribution >= 4 is 0 Å². The van der Waals surface area contributed by atoms with E-state index < -0.39 is 0 Å². The van der Waals surface area contributed by atoms with Crippen molar-refractivity contribution in [3.8, 4) is 11.5 Å². The molecule has 1 aromatic carbocycles. The van der Waals surface area contributed by atoms with Gasteiger partial charge in [0.1, 0.15) is 12.4 Å². The molecule has 1 unspecified atom stereocenters. The van der Waals surface area contributed by atoms with Gasteiger partial charge in [0.2, 0.25) is 0 Å². The van der Waals surface area contributed by atoms with Gasteiger partial charge in [-0.1, -0.05) is 11.2 Å². The minimum absolute atomic E-state index is 0.204. The summed E-state index contributed by atoms with van der Waals surface area (Å²) < 4.78 is 18.5. The van der Waals surface area contributed by atoms with Crippen LogP contribution in [0.3, 0.4) is 0 Å². The number of hydrogen-bond acceptors (Lipinski definition) is 6. The van der Waals surface area contributed by atoms with Gasteiger partial charge in [0.05, 0.1) is 24.1 Å². The number of aryl methyl sites for hydroxylation is 4. The number of methoxy groups -OCH3 is 1. The lowest BCUT2D eigenvalue weighted by Gasteiger charge is -2.15. The molecule has 0 saturated heterocycles. The van der Waals surface area contributed by atoms with E-state index in [9.17, 15) is 0 Å². The summed E-state index contributed by atoms with van der Waals surface area (Å²) in [6.07, 6.45) is 2.05. The molecule has 3 aromatic rings. The summed E-state index contributed by atoms with van der Waals surface area (Å²) in [5.74, 6) is 2.18. The highest BCUT2D eigenvalue weighted by molar-refractivity contribution is 5.43. The van der Waals surface area contributed by atoms with E-state index in [1.165, 1.54) is 5.56 Å². The number of rotatable bonds is 8. The summed E-state index contributed by atoms with van der Waals surface area (Å²) in [7, 11) is 3.59. The second-order valence-electron chi connectivity index (χ2n) is 7.02. The maximum Gasteiger partial charge on any atom is 0.161 e. The molecule has 0 bridgehead atoms. The van der Waals surface area contributed by atoms with Crippen molar-refractivity contribution in [2.75, 3.05) is 7.11 Å². The van der Waals surface area contributed by atoms with Gasteiger partial charge in [0.15, 0.2) is 11.5 Å². The molecule has 0 amide bonds. The van der Waals surface area contributed by atoms with E-state index in [2.05, 4.69) is 28.7 Å². The SMILES string of the molecule is COc1cc(CNC(C)c2cn(C)nc2C)ccc1OCc1c(C)noc1C. The van der Waals surface area contributed by atoms with Crippen molar-refractivity contribution < 1.29 is 14.0 Å². The number of nitrogens with zero attached hydrogens (tertiary/aromatic N) is 3. The zero-order valence-electron chi connectivity index (χ0n) is 17.4. The smallest absolute Gasteiger partial charge is 0.161 e. The van der Waals surface area contributed by atoms with E-state index in [1.807, 2.05) is 50.7 Å². The molecule has 0 fully saturated rings. The van der Waals surface area contributed by atoms with Crippen LogP contribution in [0.25, 0.3) is 0 Å². The highest BCUT2D eigenvalue weighted by Crippen LogP contribution is 2.30. The van der Waals surface area contributed by atoms with Crippen LogP contribution in [-0.2, 0) is 20.2 Å². The average molecular weight is 384 g/mol. The Labute approximate surface area is 165 Å². The van der Waals surface area contributed by atoms with Crippen LogP contribution in [0.1, 0.15) is 46.8 Å². The Balaban J connectivity index is 1.65. The summed E-state index contributed by atoms with van der Waals surface area (Å²) in [5.41, 5.74) is 5.18. The third kappa shape index (κ3) is 4.36. The van der Waals surface area contributed by atoms with Crippen LogP contribution in [0.15, 0.2) is 28.9 Å². The Hall–Kier alpha value is -2.80. The molecule has 0 aliphatic carbocycles. The first kappa shape index (κ1) is 19.9. The van der Waals surface area contributed by atoms with Crippen LogP contribution in [0.4, 0.5) is 0 Å². The lowest BCUT2D eigenvalue weighted by molar-refractivity contribution is 0.281. The Morgan fingerprint density at radius 3 is 2.57 bits per heavy atom. The maximum atomic E-state index is 5.95. The number of ether oxygens (including phenoxy) is 2. The molecule has 1 N–H and O–H groups in total. The van der Waals surface area contributed by atoms with Crippen molar-refractivity contribution in [3.63, 3.8) is 0 Å². The molecule has 0 radical (unpaired) electrons. The van der Waals surface area contributed by atoms with Crippen LogP contribution >= 0.6 is 0 Å². The van der Waals surface area contributed by atoms with Gasteiger partial charge in [-0.3, -0.25) is 4.68 Å². The molecule has 2 heterocycles. The Morgan fingerprint density at radius 2 is 1.96 bits per heavy atom. The Bertz CT molecular complexity index is 926. The molecule has 7 nitrogen and oxygen atoms in total. The summed E-state index contributed by atoms with van der Waals surface area (Å²) in [4.78, 5) is 0. The van der Waals surface area contributed by atoms with Gasteiger partial charge in [-0.2, -0.15) is 5.10 Å². The van der Waals surface area contributed by atoms with E-state index >= 15 is 0 Å². The first-order valence-electron chi connectivity index (χ1n) is 9.34. The van der Waals surface area contributed by atoms with E-state index in [4.69, 9.17) is 14.0 Å². The zero-order valence-corrected chi connectivity index (χ0v) is 17.4. The van der Waals surface area contributed by atoms with Crippen LogP contribution in [0, 0.1) is 20.8 Å². The molecule has 2 aromatic heterocycles. The molecule has 3 rings (SSSR count). The quantitative estimate of drug-likeness (QED) is 0.637. The summed E-state index contributed by atoms with van der Waals surface area (Å²) in [5, 5.41) is 11.9. The molecule has 0 saturated carbocycles. The topological polar surface area (TPSA) is 74.3 Å². The van der Waals surface area contributed by atoms with Gasteiger partial charge in [0.25, 0.3) is 0 Å². The van der Waals surface area contributed by atoms with E-state index in [0.717, 1.165) is 34.8 Å². The van der Waals surface area contributed by atoms with E-state index in [-0.39, 0.29) is 6.04 Å². The lowest BCUT2D eigenvalue weighted by Crippen LogP contribution is -2.18. The van der Waals surface area contributed by atoms with Crippen LogP contribution in [0.5, 0.6) is 11.5 Å². The second kappa shape index (κ2) is 8.48. The molecule has 0 aliphatic heterocycles. The minimum Gasteiger partial charge on any atom is -0.493 e. The molecule has 0 aliphatic rings. The number of nitrogens with one attached hydrogen (secondary N) is 1. The molecular weight excluding hydrogens is 356 g/mol. The number of benzene rings is 1. The predicted molar refractivity (Wildman–Crippen MR) is 107 cm³/mol. The molecular formula is C21H28N4O3. The van der Waals surface area contributed by atoms with Gasteiger partial charge in [-0.25, -0.2) is 0 Å². The first-order chi connectivity index (χ1) is 13.4.